The molecular weight excluding hydrogens is 336 g/mol. The summed E-state index contributed by atoms with van der Waals surface area (Å²) in [4.78, 5) is 25.2. The fourth-order valence-electron chi connectivity index (χ4n) is 2.69. The Hall–Kier alpha value is -3.26. The number of hydrogen-bond donors (Lipinski definition) is 1. The molecule has 0 saturated heterocycles. The van der Waals surface area contributed by atoms with Crippen LogP contribution in [-0.2, 0) is 11.3 Å². The summed E-state index contributed by atoms with van der Waals surface area (Å²) in [7, 11) is 1.57. The fraction of sp³-hybridized carbons (Fsp3) is 0.222. The molecule has 8 heteroatoms. The van der Waals surface area contributed by atoms with Crippen molar-refractivity contribution < 1.29 is 14.5 Å². The van der Waals surface area contributed by atoms with E-state index in [1.54, 1.807) is 18.1 Å². The minimum Gasteiger partial charge on any atom is -0.383 e. The van der Waals surface area contributed by atoms with Gasteiger partial charge in [-0.15, -0.1) is 0 Å². The van der Waals surface area contributed by atoms with E-state index in [9.17, 15) is 14.9 Å². The Morgan fingerprint density at radius 2 is 2.04 bits per heavy atom. The minimum atomic E-state index is -0.493. The van der Waals surface area contributed by atoms with Crippen LogP contribution in [0.15, 0.2) is 48.5 Å². The molecule has 2 aromatic carbocycles. The number of benzene rings is 2. The summed E-state index contributed by atoms with van der Waals surface area (Å²) in [6, 6.07) is 13.9. The average molecular weight is 354 g/mol. The molecule has 1 heterocycles. The molecule has 3 aromatic rings. The highest BCUT2D eigenvalue weighted by Crippen LogP contribution is 2.23. The number of rotatable bonds is 7. The smallest absolute Gasteiger partial charge is 0.275 e. The van der Waals surface area contributed by atoms with E-state index in [2.05, 4.69) is 10.2 Å². The summed E-state index contributed by atoms with van der Waals surface area (Å²) in [5, 5.41) is 18.3. The number of hydrogen-bond acceptors (Lipinski definition) is 5. The molecule has 0 unspecified atom stereocenters. The first-order valence-corrected chi connectivity index (χ1v) is 8.05. The number of H-pyrrole nitrogens is 1. The highest BCUT2D eigenvalue weighted by molar-refractivity contribution is 6.05. The molecule has 8 nitrogen and oxygen atoms in total. The SMILES string of the molecule is COCCN(Cc1ccccc1)C(=O)c1n[nH]c2ccc([N+](=O)[O-])cc12. The first-order chi connectivity index (χ1) is 12.6. The lowest BCUT2D eigenvalue weighted by atomic mass is 10.1. The van der Waals surface area contributed by atoms with Crippen molar-refractivity contribution >= 4 is 22.5 Å². The Bertz CT molecular complexity index is 923. The second-order valence-corrected chi connectivity index (χ2v) is 5.76. The van der Waals surface area contributed by atoms with Gasteiger partial charge in [-0.1, -0.05) is 30.3 Å². The van der Waals surface area contributed by atoms with Crippen molar-refractivity contribution in [1.29, 1.82) is 0 Å². The van der Waals surface area contributed by atoms with E-state index in [0.29, 0.717) is 30.6 Å². The van der Waals surface area contributed by atoms with E-state index >= 15 is 0 Å². The molecule has 134 valence electrons. The number of nitrogens with one attached hydrogen (secondary N) is 1. The van der Waals surface area contributed by atoms with Crippen molar-refractivity contribution in [2.45, 2.75) is 6.54 Å². The monoisotopic (exact) mass is 354 g/mol. The van der Waals surface area contributed by atoms with Gasteiger partial charge in [-0.3, -0.25) is 20.0 Å². The van der Waals surface area contributed by atoms with Crippen molar-refractivity contribution in [2.75, 3.05) is 20.3 Å². The Morgan fingerprint density at radius 1 is 1.27 bits per heavy atom. The van der Waals surface area contributed by atoms with Gasteiger partial charge in [0.15, 0.2) is 5.69 Å². The van der Waals surface area contributed by atoms with E-state index in [-0.39, 0.29) is 17.3 Å². The van der Waals surface area contributed by atoms with Crippen LogP contribution in [0.1, 0.15) is 16.1 Å². The van der Waals surface area contributed by atoms with Crippen LogP contribution in [0.5, 0.6) is 0 Å². The van der Waals surface area contributed by atoms with Gasteiger partial charge in [0.2, 0.25) is 0 Å². The van der Waals surface area contributed by atoms with Crippen LogP contribution in [0, 0.1) is 10.1 Å². The Kier molecular flexibility index (Phi) is 5.23. The molecule has 0 saturated carbocycles. The van der Waals surface area contributed by atoms with Crippen LogP contribution in [0.2, 0.25) is 0 Å². The second kappa shape index (κ2) is 7.75. The number of ether oxygens (including phenoxy) is 1. The summed E-state index contributed by atoms with van der Waals surface area (Å²) >= 11 is 0. The number of nitro benzene ring substituents is 1. The third kappa shape index (κ3) is 3.70. The summed E-state index contributed by atoms with van der Waals surface area (Å²) < 4.78 is 5.10. The van der Waals surface area contributed by atoms with Crippen molar-refractivity contribution in [2.24, 2.45) is 0 Å². The standard InChI is InChI=1S/C18H18N4O4/c1-26-10-9-21(12-13-5-3-2-4-6-13)18(23)17-15-11-14(22(24)25)7-8-16(15)19-20-17/h2-8,11H,9-10,12H2,1H3,(H,19,20). The van der Waals surface area contributed by atoms with Gasteiger partial charge in [0, 0.05) is 37.7 Å². The highest BCUT2D eigenvalue weighted by Gasteiger charge is 2.22. The van der Waals surface area contributed by atoms with Crippen molar-refractivity contribution in [1.82, 2.24) is 15.1 Å². The van der Waals surface area contributed by atoms with Gasteiger partial charge in [-0.25, -0.2) is 0 Å². The normalized spacial score (nSPS) is 10.8. The van der Waals surface area contributed by atoms with Crippen LogP contribution < -0.4 is 0 Å². The molecule has 0 aliphatic rings. The van der Waals surface area contributed by atoms with E-state index in [4.69, 9.17) is 4.74 Å². The van der Waals surface area contributed by atoms with Gasteiger partial charge >= 0.3 is 0 Å². The highest BCUT2D eigenvalue weighted by atomic mass is 16.6. The molecule has 0 atom stereocenters. The number of aromatic amines is 1. The quantitative estimate of drug-likeness (QED) is 0.519. The molecule has 1 N–H and O–H groups in total. The number of amides is 1. The summed E-state index contributed by atoms with van der Waals surface area (Å²) in [5.74, 6) is -0.308. The zero-order valence-corrected chi connectivity index (χ0v) is 14.2. The van der Waals surface area contributed by atoms with Gasteiger partial charge in [-0.2, -0.15) is 5.10 Å². The van der Waals surface area contributed by atoms with Gasteiger partial charge in [0.25, 0.3) is 11.6 Å². The summed E-state index contributed by atoms with van der Waals surface area (Å²) in [6.07, 6.45) is 0. The predicted octanol–water partition coefficient (Wildman–Crippen LogP) is 2.76. The Balaban J connectivity index is 1.94. The summed E-state index contributed by atoms with van der Waals surface area (Å²) in [6.45, 7) is 1.15. The van der Waals surface area contributed by atoms with E-state index in [1.165, 1.54) is 12.1 Å². The van der Waals surface area contributed by atoms with Crippen molar-refractivity contribution in [3.05, 3.63) is 69.9 Å². The third-order valence-corrected chi connectivity index (χ3v) is 4.03. The van der Waals surface area contributed by atoms with Crippen LogP contribution in [0.3, 0.4) is 0 Å². The molecule has 0 aliphatic heterocycles. The molecule has 0 fully saturated rings. The number of fused-ring (bicyclic) bond motifs is 1. The molecule has 1 amide bonds. The maximum atomic E-state index is 13.0. The largest absolute Gasteiger partial charge is 0.383 e. The number of carbonyl (C=O) groups is 1. The minimum absolute atomic E-state index is 0.0838. The van der Waals surface area contributed by atoms with Gasteiger partial charge in [0.1, 0.15) is 0 Å². The number of aromatic nitrogens is 2. The summed E-state index contributed by atoms with van der Waals surface area (Å²) in [5.41, 5.74) is 1.63. The Labute approximate surface area is 149 Å². The average Bonchev–Trinajstić information content (AvgIpc) is 3.08. The van der Waals surface area contributed by atoms with Crippen molar-refractivity contribution in [3.8, 4) is 0 Å². The molecule has 0 bridgehead atoms. The maximum absolute atomic E-state index is 13.0. The molecule has 3 rings (SSSR count). The first-order valence-electron chi connectivity index (χ1n) is 8.05. The van der Waals surface area contributed by atoms with Gasteiger partial charge < -0.3 is 9.64 Å². The van der Waals surface area contributed by atoms with E-state index in [1.807, 2.05) is 30.3 Å². The van der Waals surface area contributed by atoms with Gasteiger partial charge in [0.05, 0.1) is 17.0 Å². The number of carbonyl (C=O) groups excluding carboxylic acids is 1. The number of nitrogens with zero attached hydrogens (tertiary/aromatic N) is 3. The molecular formula is C18H18N4O4. The van der Waals surface area contributed by atoms with Gasteiger partial charge in [-0.05, 0) is 11.6 Å². The lowest BCUT2D eigenvalue weighted by molar-refractivity contribution is -0.384. The fourth-order valence-corrected chi connectivity index (χ4v) is 2.69. The zero-order chi connectivity index (χ0) is 18.5. The van der Waals surface area contributed by atoms with Crippen molar-refractivity contribution in [3.63, 3.8) is 0 Å². The van der Waals surface area contributed by atoms with Crippen LogP contribution in [-0.4, -0.2) is 46.2 Å². The number of non-ortho nitro benzene ring substituents is 1. The molecule has 26 heavy (non-hydrogen) atoms. The number of nitro groups is 1. The zero-order valence-electron chi connectivity index (χ0n) is 14.2. The molecule has 0 aliphatic carbocycles. The Morgan fingerprint density at radius 3 is 2.73 bits per heavy atom. The van der Waals surface area contributed by atoms with E-state index in [0.717, 1.165) is 5.56 Å². The molecule has 0 radical (unpaired) electrons. The van der Waals surface area contributed by atoms with E-state index < -0.39 is 4.92 Å². The molecule has 1 aromatic heterocycles. The third-order valence-electron chi connectivity index (χ3n) is 4.03. The van der Waals surface area contributed by atoms with Crippen LogP contribution in [0.25, 0.3) is 10.9 Å². The lowest BCUT2D eigenvalue weighted by Crippen LogP contribution is -2.33. The van der Waals surface area contributed by atoms with Crippen LogP contribution in [0.4, 0.5) is 5.69 Å². The number of methoxy groups -OCH3 is 1. The lowest BCUT2D eigenvalue weighted by Gasteiger charge is -2.21. The first kappa shape index (κ1) is 17.6. The maximum Gasteiger partial charge on any atom is 0.275 e. The second-order valence-electron chi connectivity index (χ2n) is 5.76. The van der Waals surface area contributed by atoms with Crippen LogP contribution >= 0.6 is 0 Å². The topological polar surface area (TPSA) is 101 Å². The molecule has 0 spiro atoms. The predicted molar refractivity (Wildman–Crippen MR) is 95.8 cm³/mol.